The minimum Gasteiger partial charge on any atom is -0.457 e. The number of amides is 1. The maximum absolute atomic E-state index is 13.2. The van der Waals surface area contributed by atoms with Crippen LogP contribution in [0.1, 0.15) is 34.1 Å². The van der Waals surface area contributed by atoms with Crippen molar-refractivity contribution in [3.63, 3.8) is 0 Å². The number of hydrogen-bond acceptors (Lipinski definition) is 5. The highest BCUT2D eigenvalue weighted by Crippen LogP contribution is 2.43. The van der Waals surface area contributed by atoms with Crippen molar-refractivity contribution in [1.29, 1.82) is 0 Å². The second-order valence-corrected chi connectivity index (χ2v) is 8.45. The Morgan fingerprint density at radius 1 is 1.10 bits per heavy atom. The lowest BCUT2D eigenvalue weighted by Gasteiger charge is -2.27. The van der Waals surface area contributed by atoms with E-state index in [0.29, 0.717) is 13.0 Å². The van der Waals surface area contributed by atoms with Crippen LogP contribution in [0.2, 0.25) is 0 Å². The van der Waals surface area contributed by atoms with Gasteiger partial charge in [-0.05, 0) is 32.0 Å². The van der Waals surface area contributed by atoms with Gasteiger partial charge in [0.05, 0.1) is 17.3 Å². The molecule has 7 heteroatoms. The number of carbonyl (C=O) groups is 1. The molecular formula is C24H22N4O2S. The molecule has 0 aliphatic carbocycles. The summed E-state index contributed by atoms with van der Waals surface area (Å²) in [6, 6.07) is 17.5. The van der Waals surface area contributed by atoms with Crippen LogP contribution in [0.15, 0.2) is 60.0 Å². The van der Waals surface area contributed by atoms with E-state index >= 15 is 0 Å². The van der Waals surface area contributed by atoms with E-state index in [1.807, 2.05) is 78.5 Å². The van der Waals surface area contributed by atoms with Gasteiger partial charge < -0.3 is 10.1 Å². The molecule has 0 saturated carbocycles. The Hall–Kier alpha value is -3.45. The average molecular weight is 431 g/mol. The second kappa shape index (κ2) is 8.00. The number of ether oxygens (including phenoxy) is 1. The Balaban J connectivity index is 1.29. The maximum Gasteiger partial charge on any atom is 0.232 e. The molecule has 0 unspecified atom stereocenters. The molecule has 31 heavy (non-hydrogen) atoms. The third-order valence-electron chi connectivity index (χ3n) is 5.35. The van der Waals surface area contributed by atoms with Crippen molar-refractivity contribution in [2.24, 2.45) is 0 Å². The molecule has 0 fully saturated rings. The summed E-state index contributed by atoms with van der Waals surface area (Å²) in [5.41, 5.74) is 4.75. The summed E-state index contributed by atoms with van der Waals surface area (Å²) in [6.45, 7) is 4.51. The molecule has 6 nitrogen and oxygen atoms in total. The number of thiazole rings is 1. The summed E-state index contributed by atoms with van der Waals surface area (Å²) in [4.78, 5) is 17.9. The normalized spacial score (nSPS) is 12.7. The predicted octanol–water partition coefficient (Wildman–Crippen LogP) is 4.54. The molecule has 1 aliphatic heterocycles. The van der Waals surface area contributed by atoms with Crippen LogP contribution >= 0.6 is 11.3 Å². The summed E-state index contributed by atoms with van der Waals surface area (Å²) >= 11 is 1.56. The highest BCUT2D eigenvalue weighted by Gasteiger charge is 2.32. The monoisotopic (exact) mass is 430 g/mol. The number of para-hydroxylation sites is 2. The standard InChI is InChI=1S/C24H22N4O2S/c1-15-13-16(2)28(27-15)24-26-17(14-31-24)11-12-25-23(29)22-18-7-3-5-9-20(18)30-21-10-6-4-8-19(21)22/h3-10,13-14,22H,11-12H2,1-2H3,(H,25,29). The quantitative estimate of drug-likeness (QED) is 0.505. The van der Waals surface area contributed by atoms with Crippen LogP contribution in [-0.2, 0) is 11.2 Å². The topological polar surface area (TPSA) is 69.0 Å². The fourth-order valence-electron chi connectivity index (χ4n) is 3.94. The van der Waals surface area contributed by atoms with E-state index in [9.17, 15) is 4.79 Å². The van der Waals surface area contributed by atoms with Gasteiger partial charge in [-0.15, -0.1) is 11.3 Å². The van der Waals surface area contributed by atoms with E-state index in [2.05, 4.69) is 15.4 Å². The van der Waals surface area contributed by atoms with Crippen molar-refractivity contribution in [2.45, 2.75) is 26.2 Å². The maximum atomic E-state index is 13.2. The Morgan fingerprint density at radius 2 is 1.77 bits per heavy atom. The first kappa shape index (κ1) is 19.5. The predicted molar refractivity (Wildman–Crippen MR) is 120 cm³/mol. The molecule has 4 aromatic rings. The zero-order valence-corrected chi connectivity index (χ0v) is 18.1. The zero-order valence-electron chi connectivity index (χ0n) is 17.3. The zero-order chi connectivity index (χ0) is 21.4. The van der Waals surface area contributed by atoms with Crippen molar-refractivity contribution >= 4 is 17.2 Å². The van der Waals surface area contributed by atoms with Gasteiger partial charge in [-0.1, -0.05) is 36.4 Å². The van der Waals surface area contributed by atoms with E-state index in [4.69, 9.17) is 4.74 Å². The minimum absolute atomic E-state index is 0.0304. The molecule has 0 bridgehead atoms. The van der Waals surface area contributed by atoms with E-state index in [1.165, 1.54) is 0 Å². The summed E-state index contributed by atoms with van der Waals surface area (Å²) in [7, 11) is 0. The fraction of sp³-hybridized carbons (Fsp3) is 0.208. The molecule has 1 N–H and O–H groups in total. The van der Waals surface area contributed by atoms with Crippen molar-refractivity contribution < 1.29 is 9.53 Å². The average Bonchev–Trinajstić information content (AvgIpc) is 3.37. The van der Waals surface area contributed by atoms with Crippen LogP contribution in [0.5, 0.6) is 11.5 Å². The number of fused-ring (bicyclic) bond motifs is 2. The third kappa shape index (κ3) is 3.72. The molecule has 0 radical (unpaired) electrons. The first-order chi connectivity index (χ1) is 15.1. The Kier molecular flexibility index (Phi) is 5.03. The van der Waals surface area contributed by atoms with Gasteiger partial charge in [0, 0.05) is 35.2 Å². The molecule has 2 aromatic heterocycles. The van der Waals surface area contributed by atoms with E-state index in [0.717, 1.165) is 44.8 Å². The lowest BCUT2D eigenvalue weighted by Crippen LogP contribution is -2.33. The summed E-state index contributed by atoms with van der Waals surface area (Å²) in [5, 5.41) is 10.5. The fourth-order valence-corrected chi connectivity index (χ4v) is 4.81. The van der Waals surface area contributed by atoms with Crippen LogP contribution in [0.25, 0.3) is 5.13 Å². The van der Waals surface area contributed by atoms with Gasteiger partial charge in [0.1, 0.15) is 11.5 Å². The third-order valence-corrected chi connectivity index (χ3v) is 6.22. The minimum atomic E-state index is -0.387. The number of carbonyl (C=O) groups excluding carboxylic acids is 1. The van der Waals surface area contributed by atoms with Crippen molar-refractivity contribution in [3.05, 3.63) is 88.2 Å². The largest absolute Gasteiger partial charge is 0.457 e. The van der Waals surface area contributed by atoms with Crippen molar-refractivity contribution in [2.75, 3.05) is 6.54 Å². The number of aryl methyl sites for hydroxylation is 2. The Morgan fingerprint density at radius 3 is 2.42 bits per heavy atom. The van der Waals surface area contributed by atoms with Gasteiger partial charge in [-0.25, -0.2) is 9.67 Å². The number of rotatable bonds is 5. The molecule has 5 rings (SSSR count). The summed E-state index contributed by atoms with van der Waals surface area (Å²) < 4.78 is 7.85. The van der Waals surface area contributed by atoms with Gasteiger partial charge in [0.25, 0.3) is 0 Å². The van der Waals surface area contributed by atoms with Crippen LogP contribution in [0.3, 0.4) is 0 Å². The molecule has 1 aliphatic rings. The first-order valence-corrected chi connectivity index (χ1v) is 11.1. The molecule has 0 saturated heterocycles. The van der Waals surface area contributed by atoms with Crippen LogP contribution < -0.4 is 10.1 Å². The lowest BCUT2D eigenvalue weighted by molar-refractivity contribution is -0.121. The molecule has 156 valence electrons. The first-order valence-electron chi connectivity index (χ1n) is 10.2. The summed E-state index contributed by atoms with van der Waals surface area (Å²) in [6.07, 6.45) is 0.661. The number of aromatic nitrogens is 3. The molecule has 0 atom stereocenters. The number of nitrogens with one attached hydrogen (secondary N) is 1. The SMILES string of the molecule is Cc1cc(C)n(-c2nc(CCNC(=O)C3c4ccccc4Oc4ccccc43)cs2)n1. The number of benzene rings is 2. The Bertz CT molecular complexity index is 1210. The second-order valence-electron chi connectivity index (χ2n) is 7.61. The highest BCUT2D eigenvalue weighted by molar-refractivity contribution is 7.12. The van der Waals surface area contributed by atoms with Gasteiger partial charge >= 0.3 is 0 Å². The van der Waals surface area contributed by atoms with Crippen LogP contribution in [0, 0.1) is 13.8 Å². The van der Waals surface area contributed by atoms with E-state index in [-0.39, 0.29) is 11.8 Å². The smallest absolute Gasteiger partial charge is 0.232 e. The number of hydrogen-bond donors (Lipinski definition) is 1. The van der Waals surface area contributed by atoms with Gasteiger partial charge in [0.2, 0.25) is 11.0 Å². The molecular weight excluding hydrogens is 408 g/mol. The van der Waals surface area contributed by atoms with E-state index < -0.39 is 0 Å². The Labute approximate surface area is 184 Å². The summed E-state index contributed by atoms with van der Waals surface area (Å²) in [5.74, 6) is 1.05. The molecule has 2 aromatic carbocycles. The molecule has 0 spiro atoms. The number of nitrogens with zero attached hydrogens (tertiary/aromatic N) is 3. The van der Waals surface area contributed by atoms with E-state index in [1.54, 1.807) is 11.3 Å². The van der Waals surface area contributed by atoms with Gasteiger partial charge in [-0.2, -0.15) is 5.10 Å². The lowest BCUT2D eigenvalue weighted by atomic mass is 9.87. The van der Waals surface area contributed by atoms with Crippen LogP contribution in [0.4, 0.5) is 0 Å². The molecule has 1 amide bonds. The highest BCUT2D eigenvalue weighted by atomic mass is 32.1. The van der Waals surface area contributed by atoms with Crippen molar-refractivity contribution in [3.8, 4) is 16.6 Å². The van der Waals surface area contributed by atoms with Crippen molar-refractivity contribution in [1.82, 2.24) is 20.1 Å². The van der Waals surface area contributed by atoms with Crippen LogP contribution in [-0.4, -0.2) is 27.2 Å². The van der Waals surface area contributed by atoms with Gasteiger partial charge in [-0.3, -0.25) is 4.79 Å². The molecule has 3 heterocycles. The van der Waals surface area contributed by atoms with Gasteiger partial charge in [0.15, 0.2) is 0 Å².